The molecule has 0 bridgehead atoms. The third-order valence-electron chi connectivity index (χ3n) is 1.78. The summed E-state index contributed by atoms with van der Waals surface area (Å²) in [4.78, 5) is 12.3. The second-order valence-electron chi connectivity index (χ2n) is 3.04. The summed E-state index contributed by atoms with van der Waals surface area (Å²) in [6.45, 7) is 1.88. The number of nitrogens with zero attached hydrogens (tertiary/aromatic N) is 4. The van der Waals surface area contributed by atoms with E-state index in [1.807, 2.05) is 30.8 Å². The first kappa shape index (κ1) is 10.4. The Morgan fingerprint density at radius 2 is 2.20 bits per heavy atom. The molecule has 0 fully saturated rings. The van der Waals surface area contributed by atoms with Crippen LogP contribution in [0.5, 0.6) is 0 Å². The second-order valence-corrected chi connectivity index (χ2v) is 4.36. The van der Waals surface area contributed by atoms with E-state index in [1.54, 1.807) is 6.20 Å². The highest BCUT2D eigenvalue weighted by molar-refractivity contribution is 7.99. The normalized spacial score (nSPS) is 10.6. The maximum atomic E-state index is 5.77. The first-order valence-electron chi connectivity index (χ1n) is 4.31. The van der Waals surface area contributed by atoms with Crippen molar-refractivity contribution in [3.05, 3.63) is 29.4 Å². The summed E-state index contributed by atoms with van der Waals surface area (Å²) < 4.78 is 1.93. The van der Waals surface area contributed by atoms with Crippen LogP contribution in [0.1, 0.15) is 5.69 Å². The van der Waals surface area contributed by atoms with E-state index >= 15 is 0 Å². The van der Waals surface area contributed by atoms with Gasteiger partial charge < -0.3 is 4.57 Å². The first-order chi connectivity index (χ1) is 7.15. The minimum Gasteiger partial charge on any atom is -0.329 e. The van der Waals surface area contributed by atoms with Crippen LogP contribution in [0, 0.1) is 6.92 Å². The van der Waals surface area contributed by atoms with Crippen molar-refractivity contribution in [3.63, 3.8) is 0 Å². The van der Waals surface area contributed by atoms with Crippen LogP contribution in [0.4, 0.5) is 0 Å². The van der Waals surface area contributed by atoms with Gasteiger partial charge in [-0.15, -0.1) is 0 Å². The van der Waals surface area contributed by atoms with Gasteiger partial charge in [0.1, 0.15) is 5.03 Å². The number of halogens is 1. The summed E-state index contributed by atoms with van der Waals surface area (Å²) in [6.07, 6.45) is 3.63. The van der Waals surface area contributed by atoms with Gasteiger partial charge in [0.2, 0.25) is 5.28 Å². The molecule has 78 valence electrons. The van der Waals surface area contributed by atoms with Crippen molar-refractivity contribution in [2.45, 2.75) is 17.1 Å². The third kappa shape index (κ3) is 2.49. The molecule has 0 aliphatic carbocycles. The van der Waals surface area contributed by atoms with Gasteiger partial charge in [0.25, 0.3) is 0 Å². The van der Waals surface area contributed by atoms with E-state index in [4.69, 9.17) is 11.6 Å². The Balaban J connectivity index is 2.28. The molecule has 0 saturated heterocycles. The molecule has 0 amide bonds. The summed E-state index contributed by atoms with van der Waals surface area (Å²) in [5, 5.41) is 1.96. The zero-order valence-electron chi connectivity index (χ0n) is 8.31. The smallest absolute Gasteiger partial charge is 0.223 e. The van der Waals surface area contributed by atoms with Gasteiger partial charge in [-0.1, -0.05) is 0 Å². The van der Waals surface area contributed by atoms with Gasteiger partial charge in [0.05, 0.1) is 0 Å². The number of rotatable bonds is 2. The molecule has 0 radical (unpaired) electrons. The van der Waals surface area contributed by atoms with Crippen molar-refractivity contribution in [3.8, 4) is 0 Å². The lowest BCUT2D eigenvalue weighted by Gasteiger charge is -2.01. The van der Waals surface area contributed by atoms with Crippen molar-refractivity contribution >= 4 is 23.4 Å². The molecule has 2 heterocycles. The molecule has 0 saturated carbocycles. The molecule has 6 heteroatoms. The van der Waals surface area contributed by atoms with Crippen molar-refractivity contribution in [2.24, 2.45) is 7.05 Å². The molecule has 0 spiro atoms. The quantitative estimate of drug-likeness (QED) is 0.597. The van der Waals surface area contributed by atoms with E-state index in [2.05, 4.69) is 15.0 Å². The highest BCUT2D eigenvalue weighted by atomic mass is 35.5. The fourth-order valence-electron chi connectivity index (χ4n) is 1.10. The van der Waals surface area contributed by atoms with Crippen LogP contribution in [0.2, 0.25) is 5.28 Å². The van der Waals surface area contributed by atoms with E-state index in [-0.39, 0.29) is 5.28 Å². The van der Waals surface area contributed by atoms with Crippen LogP contribution < -0.4 is 0 Å². The molecule has 15 heavy (non-hydrogen) atoms. The summed E-state index contributed by atoms with van der Waals surface area (Å²) in [5.74, 6) is 0. The van der Waals surface area contributed by atoms with Crippen molar-refractivity contribution in [1.29, 1.82) is 0 Å². The third-order valence-corrected chi connectivity index (χ3v) is 2.94. The molecule has 0 aliphatic heterocycles. The number of aryl methyl sites for hydroxylation is 2. The average molecular weight is 241 g/mol. The van der Waals surface area contributed by atoms with Crippen LogP contribution in [0.15, 0.2) is 28.6 Å². The molecule has 2 rings (SSSR count). The number of hydrogen-bond acceptors (Lipinski definition) is 4. The molecule has 0 N–H and O–H groups in total. The summed E-state index contributed by atoms with van der Waals surface area (Å²) in [7, 11) is 1.94. The lowest BCUT2D eigenvalue weighted by molar-refractivity contribution is 0.788. The lowest BCUT2D eigenvalue weighted by atomic mass is 10.5. The van der Waals surface area contributed by atoms with E-state index in [0.717, 1.165) is 15.9 Å². The van der Waals surface area contributed by atoms with Gasteiger partial charge in [-0.3, -0.25) is 0 Å². The molecule has 0 unspecified atom stereocenters. The van der Waals surface area contributed by atoms with E-state index in [0.29, 0.717) is 0 Å². The van der Waals surface area contributed by atoms with E-state index < -0.39 is 0 Å². The largest absolute Gasteiger partial charge is 0.329 e. The molecule has 0 atom stereocenters. The van der Waals surface area contributed by atoms with Gasteiger partial charge in [-0.05, 0) is 36.4 Å². The minimum absolute atomic E-state index is 0.270. The zero-order chi connectivity index (χ0) is 10.8. The molecular formula is C9H9ClN4S. The van der Waals surface area contributed by atoms with Crippen LogP contribution in [0.25, 0.3) is 0 Å². The minimum atomic E-state index is 0.270. The highest BCUT2D eigenvalue weighted by Crippen LogP contribution is 2.24. The fourth-order valence-corrected chi connectivity index (χ4v) is 2.24. The summed E-state index contributed by atoms with van der Waals surface area (Å²) in [5.41, 5.74) is 0.853. The number of imidazole rings is 1. The maximum Gasteiger partial charge on any atom is 0.223 e. The number of aromatic nitrogens is 4. The Bertz CT molecular complexity index is 462. The highest BCUT2D eigenvalue weighted by Gasteiger charge is 2.05. The molecule has 0 aromatic carbocycles. The van der Waals surface area contributed by atoms with Gasteiger partial charge in [0, 0.05) is 25.1 Å². The van der Waals surface area contributed by atoms with Crippen molar-refractivity contribution < 1.29 is 0 Å². The van der Waals surface area contributed by atoms with E-state index in [9.17, 15) is 0 Å². The van der Waals surface area contributed by atoms with Crippen LogP contribution in [-0.2, 0) is 7.05 Å². The fraction of sp³-hybridized carbons (Fsp3) is 0.222. The Hall–Kier alpha value is -1.07. The molecular weight excluding hydrogens is 232 g/mol. The topological polar surface area (TPSA) is 43.6 Å². The maximum absolute atomic E-state index is 5.77. The first-order valence-corrected chi connectivity index (χ1v) is 5.51. The van der Waals surface area contributed by atoms with E-state index in [1.165, 1.54) is 11.8 Å². The molecule has 2 aromatic heterocycles. The summed E-state index contributed by atoms with van der Waals surface area (Å²) >= 11 is 7.23. The monoisotopic (exact) mass is 240 g/mol. The predicted molar refractivity (Wildman–Crippen MR) is 59.1 cm³/mol. The second kappa shape index (κ2) is 4.20. The number of hydrogen-bond donors (Lipinski definition) is 0. The molecule has 2 aromatic rings. The van der Waals surface area contributed by atoms with Gasteiger partial charge in [-0.25, -0.2) is 15.0 Å². The van der Waals surface area contributed by atoms with Gasteiger partial charge in [0.15, 0.2) is 5.16 Å². The van der Waals surface area contributed by atoms with Crippen LogP contribution in [0.3, 0.4) is 0 Å². The van der Waals surface area contributed by atoms with Gasteiger partial charge >= 0.3 is 0 Å². The Labute approximate surface area is 96.7 Å². The molecule has 0 aliphatic rings. The Morgan fingerprint density at radius 3 is 2.80 bits per heavy atom. The van der Waals surface area contributed by atoms with Crippen molar-refractivity contribution in [2.75, 3.05) is 0 Å². The van der Waals surface area contributed by atoms with Gasteiger partial charge in [-0.2, -0.15) is 0 Å². The Kier molecular flexibility index (Phi) is 2.93. The zero-order valence-corrected chi connectivity index (χ0v) is 9.88. The van der Waals surface area contributed by atoms with Crippen molar-refractivity contribution in [1.82, 2.24) is 19.5 Å². The average Bonchev–Trinajstić information content (AvgIpc) is 2.50. The summed E-state index contributed by atoms with van der Waals surface area (Å²) in [6, 6.07) is 1.88. The lowest BCUT2D eigenvalue weighted by Crippen LogP contribution is -1.92. The van der Waals surface area contributed by atoms with Crippen LogP contribution in [-0.4, -0.2) is 19.5 Å². The SMILES string of the molecule is Cc1cc(Sc2nccn2C)nc(Cl)n1. The molecule has 4 nitrogen and oxygen atoms in total. The predicted octanol–water partition coefficient (Wildman–Crippen LogP) is 2.32. The Morgan fingerprint density at radius 1 is 1.40 bits per heavy atom. The van der Waals surface area contributed by atoms with Crippen LogP contribution >= 0.6 is 23.4 Å². The standard InChI is InChI=1S/C9H9ClN4S/c1-6-5-7(13-8(10)12-6)15-9-11-3-4-14(9)2/h3-5H,1-2H3.